The number of H-pyrrole nitrogens is 1. The van der Waals surface area contributed by atoms with Crippen molar-refractivity contribution in [3.05, 3.63) is 48.1 Å². The molecule has 9 heteroatoms. The van der Waals surface area contributed by atoms with E-state index in [0.717, 1.165) is 18.1 Å². The molecule has 5 heterocycles. The van der Waals surface area contributed by atoms with Crippen LogP contribution in [0.1, 0.15) is 19.0 Å². The van der Waals surface area contributed by atoms with Crippen molar-refractivity contribution in [2.75, 3.05) is 6.67 Å². The Morgan fingerprint density at radius 1 is 1.14 bits per heavy atom. The summed E-state index contributed by atoms with van der Waals surface area (Å²) in [6, 6.07) is 2.79. The molecule has 148 valence electrons. The monoisotopic (exact) mass is 398 g/mol. The van der Waals surface area contributed by atoms with Crippen LogP contribution in [0.4, 0.5) is 13.2 Å². The summed E-state index contributed by atoms with van der Waals surface area (Å²) in [5, 5.41) is 11.9. The minimum absolute atomic E-state index is 0.315. The topological polar surface area (TPSA) is 72.3 Å². The lowest BCUT2D eigenvalue weighted by molar-refractivity contribution is 0.155. The van der Waals surface area contributed by atoms with Gasteiger partial charge in [0.25, 0.3) is 0 Å². The summed E-state index contributed by atoms with van der Waals surface area (Å²) in [7, 11) is 0. The Balaban J connectivity index is 1.81. The molecule has 1 aliphatic heterocycles. The van der Waals surface area contributed by atoms with Gasteiger partial charge in [0.05, 0.1) is 31.0 Å². The van der Waals surface area contributed by atoms with Crippen molar-refractivity contribution >= 4 is 11.0 Å². The molecule has 0 amide bonds. The molecule has 0 aromatic carbocycles. The molecule has 0 saturated heterocycles. The second kappa shape index (κ2) is 6.40. The molecule has 1 atom stereocenters. The van der Waals surface area contributed by atoms with E-state index in [0.29, 0.717) is 52.9 Å². The van der Waals surface area contributed by atoms with Crippen molar-refractivity contribution in [2.45, 2.75) is 26.3 Å². The first kappa shape index (κ1) is 17.8. The Kier molecular flexibility index (Phi) is 3.94. The average molecular weight is 398 g/mol. The van der Waals surface area contributed by atoms with Crippen LogP contribution in [-0.4, -0.2) is 36.6 Å². The second-order valence-electron chi connectivity index (χ2n) is 7.75. The van der Waals surface area contributed by atoms with Gasteiger partial charge in [0.2, 0.25) is 0 Å². The molecule has 6 nitrogen and oxygen atoms in total. The number of pyridine rings is 2. The summed E-state index contributed by atoms with van der Waals surface area (Å²) in [6.45, 7) is 1.77. The average Bonchev–Trinajstić information content (AvgIpc) is 3.33. The van der Waals surface area contributed by atoms with Crippen LogP contribution < -0.4 is 0 Å². The van der Waals surface area contributed by atoms with Crippen LogP contribution in [0.2, 0.25) is 0 Å². The number of aromatic amines is 1. The molecule has 5 rings (SSSR count). The number of nitrogens with zero attached hydrogens (tertiary/aromatic N) is 5. The highest BCUT2D eigenvalue weighted by Gasteiger charge is 2.35. The largest absolute Gasteiger partial charge is 0.268 e. The lowest BCUT2D eigenvalue weighted by atomic mass is 9.82. The summed E-state index contributed by atoms with van der Waals surface area (Å²) in [5.41, 5.74) is 2.43. The fourth-order valence-corrected chi connectivity index (χ4v) is 3.94. The number of hydrogen-bond acceptors (Lipinski definition) is 4. The van der Waals surface area contributed by atoms with Crippen LogP contribution in [-0.2, 0) is 13.0 Å². The van der Waals surface area contributed by atoms with Gasteiger partial charge in [-0.1, -0.05) is 6.92 Å². The quantitative estimate of drug-likeness (QED) is 0.564. The van der Waals surface area contributed by atoms with E-state index >= 15 is 4.39 Å². The molecule has 0 spiro atoms. The Morgan fingerprint density at radius 2 is 2.00 bits per heavy atom. The first-order valence-corrected chi connectivity index (χ1v) is 9.25. The highest BCUT2D eigenvalue weighted by atomic mass is 19.1. The van der Waals surface area contributed by atoms with Crippen LogP contribution >= 0.6 is 0 Å². The fraction of sp³-hybridized carbons (Fsp3) is 0.300. The van der Waals surface area contributed by atoms with Gasteiger partial charge in [0, 0.05) is 34.2 Å². The third-order valence-electron chi connectivity index (χ3n) is 5.53. The zero-order valence-electron chi connectivity index (χ0n) is 15.6. The molecule has 0 bridgehead atoms. The molecule has 0 aliphatic carbocycles. The zero-order valence-corrected chi connectivity index (χ0v) is 15.6. The molecule has 4 aromatic rings. The van der Waals surface area contributed by atoms with E-state index in [1.165, 1.54) is 18.3 Å². The van der Waals surface area contributed by atoms with Crippen molar-refractivity contribution < 1.29 is 13.2 Å². The fourth-order valence-electron chi connectivity index (χ4n) is 3.94. The summed E-state index contributed by atoms with van der Waals surface area (Å²) in [4.78, 5) is 8.18. The van der Waals surface area contributed by atoms with Gasteiger partial charge in [-0.15, -0.1) is 0 Å². The van der Waals surface area contributed by atoms with Gasteiger partial charge in [-0.25, -0.2) is 13.8 Å². The minimum atomic E-state index is -0.536. The summed E-state index contributed by atoms with van der Waals surface area (Å²) in [5.74, 6) is -0.992. The van der Waals surface area contributed by atoms with Crippen LogP contribution in [0.5, 0.6) is 0 Å². The third kappa shape index (κ3) is 2.80. The SMILES string of the molecule is C[C@]1(CF)CCc2c(-c3c(F)cnc4[nH]ncc34)c(-c3ccc(F)cn3)nn2C1. The minimum Gasteiger partial charge on any atom is -0.268 e. The van der Waals surface area contributed by atoms with Crippen LogP contribution in [0.3, 0.4) is 0 Å². The van der Waals surface area contributed by atoms with Gasteiger partial charge < -0.3 is 0 Å². The molecule has 4 aromatic heterocycles. The van der Waals surface area contributed by atoms with Crippen molar-refractivity contribution in [1.82, 2.24) is 29.9 Å². The molecular formula is C20H17F3N6. The normalized spacial score (nSPS) is 18.9. The summed E-state index contributed by atoms with van der Waals surface area (Å²) in [6.07, 6.45) is 4.89. The molecule has 1 aliphatic rings. The summed E-state index contributed by atoms with van der Waals surface area (Å²) >= 11 is 0. The molecule has 0 fully saturated rings. The highest BCUT2D eigenvalue weighted by Crippen LogP contribution is 2.43. The molecule has 1 N–H and O–H groups in total. The predicted molar refractivity (Wildman–Crippen MR) is 101 cm³/mol. The smallest absolute Gasteiger partial charge is 0.155 e. The van der Waals surface area contributed by atoms with E-state index < -0.39 is 23.7 Å². The Morgan fingerprint density at radius 3 is 2.76 bits per heavy atom. The standard InChI is InChI=1S/C20H17F3N6/c1-20(9-21)5-4-15-17(16-12-7-26-27-19(12)25-8-13(16)23)18(28-29(15)10-20)14-3-2-11(22)6-24-14/h2-3,6-8H,4-5,9-10H2,1H3,(H,25,26,27)/t20-/m1/s1. The maximum atomic E-state index is 15.0. The van der Waals surface area contributed by atoms with Gasteiger partial charge >= 0.3 is 0 Å². The van der Waals surface area contributed by atoms with Gasteiger partial charge in [0.1, 0.15) is 17.3 Å². The Hall–Kier alpha value is -3.23. The number of nitrogens with one attached hydrogen (secondary N) is 1. The zero-order chi connectivity index (χ0) is 20.2. The van der Waals surface area contributed by atoms with E-state index in [-0.39, 0.29) is 0 Å². The van der Waals surface area contributed by atoms with Crippen molar-refractivity contribution in [2.24, 2.45) is 5.41 Å². The van der Waals surface area contributed by atoms with Gasteiger partial charge in [-0.3, -0.25) is 19.2 Å². The van der Waals surface area contributed by atoms with Crippen LogP contribution in [0.25, 0.3) is 33.5 Å². The second-order valence-corrected chi connectivity index (χ2v) is 7.75. The predicted octanol–water partition coefficient (Wildman–Crippen LogP) is 4.08. The maximum Gasteiger partial charge on any atom is 0.155 e. The van der Waals surface area contributed by atoms with Gasteiger partial charge in [-0.05, 0) is 25.0 Å². The van der Waals surface area contributed by atoms with E-state index in [2.05, 4.69) is 25.3 Å². The number of aromatic nitrogens is 6. The van der Waals surface area contributed by atoms with Gasteiger partial charge in [-0.2, -0.15) is 10.2 Å². The Bertz CT molecular complexity index is 1210. The molecule has 0 unspecified atom stereocenters. The number of alkyl halides is 1. The van der Waals surface area contributed by atoms with Crippen LogP contribution in [0.15, 0.2) is 30.7 Å². The number of rotatable bonds is 3. The van der Waals surface area contributed by atoms with E-state index in [4.69, 9.17) is 0 Å². The number of fused-ring (bicyclic) bond motifs is 2. The third-order valence-corrected chi connectivity index (χ3v) is 5.53. The summed E-state index contributed by atoms with van der Waals surface area (Å²) < 4.78 is 43.8. The Labute approximate surface area is 163 Å². The first-order chi connectivity index (χ1) is 14.0. The van der Waals surface area contributed by atoms with E-state index in [1.807, 2.05) is 6.92 Å². The van der Waals surface area contributed by atoms with E-state index in [1.54, 1.807) is 4.68 Å². The lowest BCUT2D eigenvalue weighted by Gasteiger charge is -2.31. The first-order valence-electron chi connectivity index (χ1n) is 9.25. The molecular weight excluding hydrogens is 381 g/mol. The molecule has 0 saturated carbocycles. The maximum absolute atomic E-state index is 15.0. The van der Waals surface area contributed by atoms with Crippen molar-refractivity contribution in [3.63, 3.8) is 0 Å². The van der Waals surface area contributed by atoms with Crippen molar-refractivity contribution in [1.29, 1.82) is 0 Å². The lowest BCUT2D eigenvalue weighted by Crippen LogP contribution is -2.32. The number of halogens is 3. The highest BCUT2D eigenvalue weighted by molar-refractivity contribution is 5.97. The van der Waals surface area contributed by atoms with Gasteiger partial charge in [0.15, 0.2) is 5.65 Å². The van der Waals surface area contributed by atoms with E-state index in [9.17, 15) is 8.78 Å². The number of hydrogen-bond donors (Lipinski definition) is 1. The van der Waals surface area contributed by atoms with Crippen molar-refractivity contribution in [3.8, 4) is 22.5 Å². The van der Waals surface area contributed by atoms with Crippen LogP contribution in [0, 0.1) is 17.0 Å². The molecule has 0 radical (unpaired) electrons. The molecule has 29 heavy (non-hydrogen) atoms.